The van der Waals surface area contributed by atoms with Gasteiger partial charge in [-0.15, -0.1) is 0 Å². The Labute approximate surface area is 170 Å². The number of likely N-dealkylation sites (tertiary alicyclic amines) is 1. The smallest absolute Gasteiger partial charge is 0.243 e. The normalized spacial score (nSPS) is 22.5. The lowest BCUT2D eigenvalue weighted by molar-refractivity contribution is -0.138. The molecule has 1 unspecified atom stereocenters. The van der Waals surface area contributed by atoms with Crippen LogP contribution in [0.5, 0.6) is 0 Å². The van der Waals surface area contributed by atoms with E-state index in [2.05, 4.69) is 6.92 Å². The summed E-state index contributed by atoms with van der Waals surface area (Å²) in [6.45, 7) is 12.5. The third-order valence-corrected chi connectivity index (χ3v) is 8.84. The lowest BCUT2D eigenvalue weighted by Gasteiger charge is -2.37. The summed E-state index contributed by atoms with van der Waals surface area (Å²) in [6, 6.07) is 2.05. The van der Waals surface area contributed by atoms with Crippen LogP contribution in [0, 0.1) is 39.5 Å². The predicted molar refractivity (Wildman–Crippen MR) is 112 cm³/mol. The molecule has 1 aromatic carbocycles. The summed E-state index contributed by atoms with van der Waals surface area (Å²) in [7, 11) is -3.54. The second-order valence-electron chi connectivity index (χ2n) is 8.80. The monoisotopic (exact) mass is 406 g/mol. The minimum absolute atomic E-state index is 0.0433. The minimum atomic E-state index is -3.54. The summed E-state index contributed by atoms with van der Waals surface area (Å²) < 4.78 is 28.4. The van der Waals surface area contributed by atoms with Gasteiger partial charge in [0.1, 0.15) is 0 Å². The zero-order valence-corrected chi connectivity index (χ0v) is 18.7. The molecule has 156 valence electrons. The molecule has 3 rings (SSSR count). The molecule has 2 heterocycles. The van der Waals surface area contributed by atoms with E-state index >= 15 is 0 Å². The van der Waals surface area contributed by atoms with E-state index in [9.17, 15) is 13.2 Å². The number of benzene rings is 1. The van der Waals surface area contributed by atoms with Gasteiger partial charge in [0.25, 0.3) is 0 Å². The van der Waals surface area contributed by atoms with Crippen LogP contribution in [0.2, 0.25) is 0 Å². The molecule has 0 saturated carbocycles. The first-order valence-electron chi connectivity index (χ1n) is 10.5. The van der Waals surface area contributed by atoms with Crippen molar-refractivity contribution in [3.05, 3.63) is 28.3 Å². The van der Waals surface area contributed by atoms with Gasteiger partial charge in [-0.3, -0.25) is 4.79 Å². The Hall–Kier alpha value is -1.40. The van der Waals surface area contributed by atoms with E-state index in [0.29, 0.717) is 36.7 Å². The van der Waals surface area contributed by atoms with Crippen LogP contribution in [-0.4, -0.2) is 49.7 Å². The van der Waals surface area contributed by atoms with Crippen molar-refractivity contribution in [2.24, 2.45) is 11.8 Å². The highest BCUT2D eigenvalue weighted by Gasteiger charge is 2.36. The number of carbonyl (C=O) groups is 1. The highest BCUT2D eigenvalue weighted by Crippen LogP contribution is 2.32. The quantitative estimate of drug-likeness (QED) is 0.771. The number of nitrogens with zero attached hydrogens (tertiary/aromatic N) is 2. The van der Waals surface area contributed by atoms with Crippen LogP contribution in [0.1, 0.15) is 54.9 Å². The van der Waals surface area contributed by atoms with E-state index in [1.54, 1.807) is 4.31 Å². The van der Waals surface area contributed by atoms with Gasteiger partial charge < -0.3 is 4.90 Å². The molecule has 0 radical (unpaired) electrons. The fourth-order valence-corrected chi connectivity index (χ4v) is 6.73. The second-order valence-corrected chi connectivity index (χ2v) is 10.7. The summed E-state index contributed by atoms with van der Waals surface area (Å²) >= 11 is 0. The summed E-state index contributed by atoms with van der Waals surface area (Å²) in [6.07, 6.45) is 3.50. The van der Waals surface area contributed by atoms with Crippen LogP contribution in [-0.2, 0) is 14.8 Å². The number of carbonyl (C=O) groups excluding carboxylic acids is 1. The zero-order valence-electron chi connectivity index (χ0n) is 17.9. The van der Waals surface area contributed by atoms with Crippen molar-refractivity contribution in [2.45, 2.75) is 65.2 Å². The molecule has 1 aromatic rings. The van der Waals surface area contributed by atoms with Crippen molar-refractivity contribution in [2.75, 3.05) is 26.2 Å². The summed E-state index contributed by atoms with van der Waals surface area (Å²) in [5.74, 6) is 0.745. The fourth-order valence-electron chi connectivity index (χ4n) is 4.69. The number of rotatable bonds is 3. The molecular weight excluding hydrogens is 372 g/mol. The van der Waals surface area contributed by atoms with Crippen LogP contribution in [0.4, 0.5) is 0 Å². The minimum Gasteiger partial charge on any atom is -0.342 e. The molecule has 1 atom stereocenters. The summed E-state index contributed by atoms with van der Waals surface area (Å²) in [5.41, 5.74) is 3.68. The van der Waals surface area contributed by atoms with E-state index in [0.717, 1.165) is 41.8 Å². The van der Waals surface area contributed by atoms with Gasteiger partial charge >= 0.3 is 0 Å². The van der Waals surface area contributed by atoms with Gasteiger partial charge in [0.05, 0.1) is 4.90 Å². The number of hydrogen-bond acceptors (Lipinski definition) is 3. The Morgan fingerprint density at radius 1 is 0.964 bits per heavy atom. The van der Waals surface area contributed by atoms with Crippen LogP contribution in [0.25, 0.3) is 0 Å². The van der Waals surface area contributed by atoms with Gasteiger partial charge in [-0.1, -0.05) is 13.0 Å². The van der Waals surface area contributed by atoms with Crippen molar-refractivity contribution in [3.63, 3.8) is 0 Å². The van der Waals surface area contributed by atoms with Crippen LogP contribution < -0.4 is 0 Å². The third kappa shape index (κ3) is 3.99. The lowest BCUT2D eigenvalue weighted by Crippen LogP contribution is -2.47. The van der Waals surface area contributed by atoms with Crippen molar-refractivity contribution < 1.29 is 13.2 Å². The fraction of sp³-hybridized carbons (Fsp3) is 0.682. The molecule has 0 bridgehead atoms. The SMILES string of the molecule is Cc1cc(C)c(C)c(S(=O)(=O)N2CCC(C(=O)N3CCCC(C)C3)CC2)c1C. The Morgan fingerprint density at radius 2 is 1.54 bits per heavy atom. The number of sulfonamides is 1. The maximum atomic E-state index is 13.4. The molecule has 2 fully saturated rings. The van der Waals surface area contributed by atoms with Gasteiger partial charge in [0, 0.05) is 32.1 Å². The van der Waals surface area contributed by atoms with Crippen molar-refractivity contribution in [1.82, 2.24) is 9.21 Å². The molecule has 5 nitrogen and oxygen atoms in total. The Kier molecular flexibility index (Phi) is 6.20. The Morgan fingerprint density at radius 3 is 2.07 bits per heavy atom. The molecule has 0 spiro atoms. The maximum absolute atomic E-state index is 13.4. The summed E-state index contributed by atoms with van der Waals surface area (Å²) in [4.78, 5) is 15.3. The summed E-state index contributed by atoms with van der Waals surface area (Å²) in [5, 5.41) is 0. The van der Waals surface area contributed by atoms with Crippen LogP contribution in [0.3, 0.4) is 0 Å². The molecule has 0 N–H and O–H groups in total. The van der Waals surface area contributed by atoms with E-state index in [-0.39, 0.29) is 11.8 Å². The van der Waals surface area contributed by atoms with E-state index < -0.39 is 10.0 Å². The Balaban J connectivity index is 1.73. The van der Waals surface area contributed by atoms with E-state index in [4.69, 9.17) is 0 Å². The zero-order chi connectivity index (χ0) is 20.6. The number of piperidine rings is 2. The molecule has 2 aliphatic heterocycles. The lowest BCUT2D eigenvalue weighted by atomic mass is 9.93. The predicted octanol–water partition coefficient (Wildman–Crippen LogP) is 3.58. The first-order valence-corrected chi connectivity index (χ1v) is 11.9. The first-order chi connectivity index (χ1) is 13.1. The first kappa shape index (κ1) is 21.3. The molecule has 1 amide bonds. The van der Waals surface area contributed by atoms with Gasteiger partial charge in [-0.2, -0.15) is 4.31 Å². The van der Waals surface area contributed by atoms with Crippen LogP contribution in [0.15, 0.2) is 11.0 Å². The number of aryl methyl sites for hydroxylation is 2. The molecule has 28 heavy (non-hydrogen) atoms. The highest BCUT2D eigenvalue weighted by molar-refractivity contribution is 7.89. The molecule has 2 aliphatic rings. The highest BCUT2D eigenvalue weighted by atomic mass is 32.2. The molecule has 0 aromatic heterocycles. The van der Waals surface area contributed by atoms with Gasteiger partial charge in [0.2, 0.25) is 15.9 Å². The number of amides is 1. The maximum Gasteiger partial charge on any atom is 0.243 e. The molecule has 2 saturated heterocycles. The average molecular weight is 407 g/mol. The van der Waals surface area contributed by atoms with Gasteiger partial charge in [-0.25, -0.2) is 8.42 Å². The van der Waals surface area contributed by atoms with Crippen molar-refractivity contribution in [1.29, 1.82) is 0 Å². The van der Waals surface area contributed by atoms with Crippen molar-refractivity contribution in [3.8, 4) is 0 Å². The molecule has 0 aliphatic carbocycles. The van der Waals surface area contributed by atoms with E-state index in [1.165, 1.54) is 6.42 Å². The molecular formula is C22H34N2O3S. The second kappa shape index (κ2) is 8.15. The molecule has 6 heteroatoms. The Bertz CT molecular complexity index is 829. The van der Waals surface area contributed by atoms with Gasteiger partial charge in [-0.05, 0) is 81.5 Å². The van der Waals surface area contributed by atoms with Gasteiger partial charge in [0.15, 0.2) is 0 Å². The standard InChI is InChI=1S/C22H34N2O3S/c1-15-7-6-10-23(14-15)22(25)20-8-11-24(12-9-20)28(26,27)21-18(4)16(2)13-17(3)19(21)5/h13,15,20H,6-12,14H2,1-5H3. The third-order valence-electron chi connectivity index (χ3n) is 6.67. The topological polar surface area (TPSA) is 57.7 Å². The average Bonchev–Trinajstić information content (AvgIpc) is 2.66. The largest absolute Gasteiger partial charge is 0.342 e. The number of hydrogen-bond donors (Lipinski definition) is 0. The van der Waals surface area contributed by atoms with Crippen LogP contribution >= 0.6 is 0 Å². The van der Waals surface area contributed by atoms with E-state index in [1.807, 2.05) is 38.7 Å². The van der Waals surface area contributed by atoms with Crippen molar-refractivity contribution >= 4 is 15.9 Å².